The lowest BCUT2D eigenvalue weighted by Crippen LogP contribution is -2.43. The number of nitrogens with zero attached hydrogens (tertiary/aromatic N) is 4. The van der Waals surface area contributed by atoms with Crippen molar-refractivity contribution < 1.29 is 10.2 Å². The Balaban J connectivity index is 1.56. The van der Waals surface area contributed by atoms with E-state index >= 15 is 0 Å². The lowest BCUT2D eigenvalue weighted by Gasteiger charge is -2.32. The summed E-state index contributed by atoms with van der Waals surface area (Å²) < 4.78 is 0. The third-order valence-electron chi connectivity index (χ3n) is 5.86. The molecule has 0 atom stereocenters. The molecule has 1 aliphatic rings. The Morgan fingerprint density at radius 3 is 2.09 bits per heavy atom. The molecule has 1 aliphatic heterocycles. The lowest BCUT2D eigenvalue weighted by molar-refractivity contribution is 0.147. The minimum Gasteiger partial charge on any atom is -0.507 e. The van der Waals surface area contributed by atoms with E-state index in [0.29, 0.717) is 22.5 Å². The van der Waals surface area contributed by atoms with Crippen molar-refractivity contribution >= 4 is 23.8 Å². The molecule has 1 heterocycles. The first-order valence-electron chi connectivity index (χ1n) is 11.2. The number of likely N-dealkylation sites (N-methyl/N-ethyl adjacent to an activating group) is 1. The predicted molar refractivity (Wildman–Crippen MR) is 135 cm³/mol. The van der Waals surface area contributed by atoms with E-state index in [9.17, 15) is 10.2 Å². The Hall–Kier alpha value is -3.48. The Kier molecular flexibility index (Phi) is 7.17. The predicted octanol–water partition coefficient (Wildman–Crippen LogP) is 4.65. The smallest absolute Gasteiger partial charge is 0.128 e. The van der Waals surface area contributed by atoms with Crippen molar-refractivity contribution in [3.05, 3.63) is 82.9 Å². The van der Waals surface area contributed by atoms with Crippen LogP contribution in [0.2, 0.25) is 0 Å². The monoisotopic (exact) mass is 442 g/mol. The molecule has 0 radical (unpaired) electrons. The summed E-state index contributed by atoms with van der Waals surface area (Å²) in [6.07, 6.45) is 3.33. The van der Waals surface area contributed by atoms with E-state index in [1.165, 1.54) is 0 Å². The first kappa shape index (κ1) is 22.7. The molecule has 0 spiro atoms. The third-order valence-corrected chi connectivity index (χ3v) is 5.86. The number of rotatable bonds is 6. The first-order valence-corrected chi connectivity index (χ1v) is 11.2. The summed E-state index contributed by atoms with van der Waals surface area (Å²) in [5.74, 6) is 0.457. The maximum atomic E-state index is 10.9. The van der Waals surface area contributed by atoms with Crippen LogP contribution in [0.1, 0.15) is 22.3 Å². The Labute approximate surface area is 195 Å². The summed E-state index contributed by atoms with van der Waals surface area (Å²) in [5, 5.41) is 20.9. The fraction of sp³-hybridized carbons (Fsp3) is 0.259. The van der Waals surface area contributed by atoms with Gasteiger partial charge in [0, 0.05) is 61.8 Å². The maximum absolute atomic E-state index is 10.9. The van der Waals surface area contributed by atoms with Crippen LogP contribution in [-0.4, -0.2) is 65.7 Å². The van der Waals surface area contributed by atoms with E-state index in [1.807, 2.05) is 43.3 Å². The highest BCUT2D eigenvalue weighted by molar-refractivity contribution is 5.89. The zero-order valence-electron chi connectivity index (χ0n) is 19.1. The Morgan fingerprint density at radius 1 is 0.818 bits per heavy atom. The summed E-state index contributed by atoms with van der Waals surface area (Å²) in [5.41, 5.74) is 4.71. The van der Waals surface area contributed by atoms with Crippen molar-refractivity contribution in [3.8, 4) is 11.5 Å². The van der Waals surface area contributed by atoms with Crippen LogP contribution < -0.4 is 0 Å². The molecule has 4 rings (SSSR count). The second-order valence-electron chi connectivity index (χ2n) is 8.51. The largest absolute Gasteiger partial charge is 0.507 e. The number of hydrogen-bond donors (Lipinski definition) is 2. The lowest BCUT2D eigenvalue weighted by atomic mass is 10.0. The van der Waals surface area contributed by atoms with E-state index < -0.39 is 0 Å². The van der Waals surface area contributed by atoms with Crippen LogP contribution in [-0.2, 0) is 6.54 Å². The average Bonchev–Trinajstić information content (AvgIpc) is 2.81. The zero-order valence-corrected chi connectivity index (χ0v) is 19.1. The molecule has 33 heavy (non-hydrogen) atoms. The van der Waals surface area contributed by atoms with Gasteiger partial charge in [-0.1, -0.05) is 30.3 Å². The highest BCUT2D eigenvalue weighted by atomic mass is 16.3. The number of piperazine rings is 1. The van der Waals surface area contributed by atoms with Crippen LogP contribution in [0.15, 0.2) is 70.6 Å². The Morgan fingerprint density at radius 2 is 1.42 bits per heavy atom. The van der Waals surface area contributed by atoms with Gasteiger partial charge < -0.3 is 15.1 Å². The summed E-state index contributed by atoms with van der Waals surface area (Å²) in [6.45, 7) is 6.84. The summed E-state index contributed by atoms with van der Waals surface area (Å²) in [6, 6.07) is 18.6. The molecule has 0 saturated carbocycles. The number of aromatic hydroxyl groups is 2. The number of hydrogen-bond acceptors (Lipinski definition) is 6. The quantitative estimate of drug-likeness (QED) is 0.545. The van der Waals surface area contributed by atoms with Crippen molar-refractivity contribution in [2.24, 2.45) is 9.98 Å². The SMILES string of the molecule is Cc1cc(C=Nc2ccccc2N=Cc2ccccc2O)c(O)c(CN2CCN(C)CC2)c1. The van der Waals surface area contributed by atoms with E-state index in [1.54, 1.807) is 30.6 Å². The van der Waals surface area contributed by atoms with E-state index in [4.69, 9.17) is 0 Å². The van der Waals surface area contributed by atoms with Gasteiger partial charge in [0.05, 0.1) is 11.4 Å². The van der Waals surface area contributed by atoms with Crippen LogP contribution in [0.25, 0.3) is 0 Å². The number of phenols is 2. The molecule has 6 nitrogen and oxygen atoms in total. The highest BCUT2D eigenvalue weighted by Gasteiger charge is 2.16. The van der Waals surface area contributed by atoms with Crippen LogP contribution in [0.3, 0.4) is 0 Å². The topological polar surface area (TPSA) is 71.7 Å². The number of aliphatic imine (C=N–C) groups is 2. The average molecular weight is 443 g/mol. The normalized spacial score (nSPS) is 15.6. The molecular weight excluding hydrogens is 412 g/mol. The molecule has 170 valence electrons. The van der Waals surface area contributed by atoms with E-state index in [2.05, 4.69) is 32.9 Å². The van der Waals surface area contributed by atoms with Gasteiger partial charge in [0.2, 0.25) is 0 Å². The molecule has 6 heteroatoms. The van der Waals surface area contributed by atoms with Crippen molar-refractivity contribution in [2.75, 3.05) is 33.2 Å². The molecule has 0 bridgehead atoms. The standard InChI is InChI=1S/C27H30N4O2/c1-20-15-22(27(33)23(16-20)19-31-13-11-30(2)12-14-31)18-29-25-9-5-4-8-24(25)28-17-21-7-3-6-10-26(21)32/h3-10,15-18,32-33H,11-14,19H2,1-2H3. The highest BCUT2D eigenvalue weighted by Crippen LogP contribution is 2.30. The van der Waals surface area contributed by atoms with Gasteiger partial charge in [-0.05, 0) is 49.9 Å². The zero-order chi connectivity index (χ0) is 23.2. The number of para-hydroxylation sites is 3. The summed E-state index contributed by atoms with van der Waals surface area (Å²) >= 11 is 0. The van der Waals surface area contributed by atoms with Gasteiger partial charge in [-0.25, -0.2) is 0 Å². The van der Waals surface area contributed by atoms with Crippen LogP contribution in [0, 0.1) is 6.92 Å². The summed E-state index contributed by atoms with van der Waals surface area (Å²) in [7, 11) is 2.14. The van der Waals surface area contributed by atoms with Crippen molar-refractivity contribution in [2.45, 2.75) is 13.5 Å². The minimum absolute atomic E-state index is 0.180. The van der Waals surface area contributed by atoms with Crippen LogP contribution in [0.5, 0.6) is 11.5 Å². The molecule has 1 fully saturated rings. The number of aryl methyl sites for hydroxylation is 1. The van der Waals surface area contributed by atoms with Gasteiger partial charge in [0.25, 0.3) is 0 Å². The van der Waals surface area contributed by atoms with Crippen LogP contribution >= 0.6 is 0 Å². The molecule has 0 unspecified atom stereocenters. The molecule has 2 N–H and O–H groups in total. The molecule has 0 amide bonds. The van der Waals surface area contributed by atoms with Crippen LogP contribution in [0.4, 0.5) is 11.4 Å². The number of benzene rings is 3. The molecule has 1 saturated heterocycles. The second kappa shape index (κ2) is 10.4. The molecular formula is C27H30N4O2. The molecule has 3 aromatic rings. The molecule has 0 aromatic heterocycles. The molecule has 3 aromatic carbocycles. The minimum atomic E-state index is 0.180. The van der Waals surface area contributed by atoms with Gasteiger partial charge >= 0.3 is 0 Å². The van der Waals surface area contributed by atoms with Gasteiger partial charge in [0.1, 0.15) is 11.5 Å². The van der Waals surface area contributed by atoms with E-state index in [0.717, 1.165) is 43.9 Å². The number of phenolic OH excluding ortho intramolecular Hbond substituents is 2. The van der Waals surface area contributed by atoms with Crippen molar-refractivity contribution in [3.63, 3.8) is 0 Å². The first-order chi connectivity index (χ1) is 16.0. The van der Waals surface area contributed by atoms with Crippen molar-refractivity contribution in [1.82, 2.24) is 9.80 Å². The maximum Gasteiger partial charge on any atom is 0.128 e. The van der Waals surface area contributed by atoms with Crippen molar-refractivity contribution in [1.29, 1.82) is 0 Å². The van der Waals surface area contributed by atoms with Gasteiger partial charge in [0.15, 0.2) is 0 Å². The fourth-order valence-electron chi connectivity index (χ4n) is 3.91. The molecule has 0 aliphatic carbocycles. The fourth-order valence-corrected chi connectivity index (χ4v) is 3.91. The van der Waals surface area contributed by atoms with Gasteiger partial charge in [-0.3, -0.25) is 14.9 Å². The van der Waals surface area contributed by atoms with Gasteiger partial charge in [-0.15, -0.1) is 0 Å². The second-order valence-corrected chi connectivity index (χ2v) is 8.51. The van der Waals surface area contributed by atoms with E-state index in [-0.39, 0.29) is 11.5 Å². The Bertz CT molecular complexity index is 1160. The third kappa shape index (κ3) is 5.86. The van der Waals surface area contributed by atoms with Gasteiger partial charge in [-0.2, -0.15) is 0 Å². The summed E-state index contributed by atoms with van der Waals surface area (Å²) in [4.78, 5) is 13.8.